The molecule has 0 spiro atoms. The highest BCUT2D eigenvalue weighted by Gasteiger charge is 2.22. The summed E-state index contributed by atoms with van der Waals surface area (Å²) < 4.78 is 6.15. The van der Waals surface area contributed by atoms with Gasteiger partial charge in [0.2, 0.25) is 0 Å². The summed E-state index contributed by atoms with van der Waals surface area (Å²) in [6, 6.07) is 13.4. The Kier molecular flexibility index (Phi) is 3.50. The first-order valence-electron chi connectivity index (χ1n) is 6.87. The van der Waals surface area contributed by atoms with Crippen molar-refractivity contribution in [2.24, 2.45) is 7.05 Å². The first-order chi connectivity index (χ1) is 10.6. The van der Waals surface area contributed by atoms with E-state index < -0.39 is 5.63 Å². The third kappa shape index (κ3) is 2.50. The number of nitrogens with zero attached hydrogens (tertiary/aromatic N) is 2. The summed E-state index contributed by atoms with van der Waals surface area (Å²) in [5, 5.41) is 4.53. The van der Waals surface area contributed by atoms with Crippen LogP contribution in [0.15, 0.2) is 51.8 Å². The molecule has 6 nitrogen and oxygen atoms in total. The molecule has 2 aromatic carbocycles. The molecule has 1 amide bonds. The van der Waals surface area contributed by atoms with E-state index in [0.717, 1.165) is 10.8 Å². The highest BCUT2D eigenvalue weighted by Crippen LogP contribution is 2.16. The third-order valence-electron chi connectivity index (χ3n) is 3.65. The molecule has 0 fully saturated rings. The molecule has 0 aliphatic heterocycles. The number of hydrogen-bond donors (Lipinski definition) is 1. The van der Waals surface area contributed by atoms with Gasteiger partial charge in [0, 0.05) is 12.6 Å². The molecule has 112 valence electrons. The van der Waals surface area contributed by atoms with Gasteiger partial charge in [0.25, 0.3) is 5.91 Å². The Morgan fingerprint density at radius 3 is 2.64 bits per heavy atom. The minimum absolute atomic E-state index is 0.147. The predicted octanol–water partition coefficient (Wildman–Crippen LogP) is 1.22. The second kappa shape index (κ2) is 5.48. The second-order valence-electron chi connectivity index (χ2n) is 5.21. The molecule has 1 aromatic heterocycles. The van der Waals surface area contributed by atoms with Crippen molar-refractivity contribution < 1.29 is 14.0 Å². The number of amides is 1. The quantitative estimate of drug-likeness (QED) is 0.739. The van der Waals surface area contributed by atoms with E-state index in [9.17, 15) is 9.59 Å². The maximum absolute atomic E-state index is 12.5. The van der Waals surface area contributed by atoms with Crippen LogP contribution in [-0.2, 0) is 13.6 Å². The lowest BCUT2D eigenvalue weighted by molar-refractivity contribution is -0.746. The molecular formula is C16H16N3O3+. The van der Waals surface area contributed by atoms with Crippen molar-refractivity contribution in [3.63, 3.8) is 0 Å². The van der Waals surface area contributed by atoms with Gasteiger partial charge in [0.05, 0.1) is 0 Å². The maximum Gasteiger partial charge on any atom is 0.431 e. The van der Waals surface area contributed by atoms with Crippen LogP contribution in [0.5, 0.6) is 0 Å². The van der Waals surface area contributed by atoms with Gasteiger partial charge in [-0.3, -0.25) is 9.32 Å². The van der Waals surface area contributed by atoms with Crippen LogP contribution in [0.25, 0.3) is 10.8 Å². The molecule has 3 rings (SSSR count). The van der Waals surface area contributed by atoms with Gasteiger partial charge in [0.15, 0.2) is 7.05 Å². The number of nitrogens with one attached hydrogen (secondary N) is 1. The molecule has 0 aliphatic rings. The molecule has 22 heavy (non-hydrogen) atoms. The molecule has 0 radical (unpaired) electrons. The van der Waals surface area contributed by atoms with Gasteiger partial charge in [-0.1, -0.05) is 35.0 Å². The normalized spacial score (nSPS) is 10.8. The van der Waals surface area contributed by atoms with Gasteiger partial charge >= 0.3 is 11.3 Å². The average molecular weight is 298 g/mol. The van der Waals surface area contributed by atoms with Crippen LogP contribution in [0.4, 0.5) is 0 Å². The zero-order chi connectivity index (χ0) is 15.7. The number of carbonyl (C=O) groups is 1. The Labute approximate surface area is 126 Å². The Morgan fingerprint density at radius 1 is 1.23 bits per heavy atom. The fraction of sp³-hybridized carbons (Fsp3) is 0.188. The average Bonchev–Trinajstić information content (AvgIpc) is 2.85. The number of aryl methyl sites for hydroxylation is 1. The smallest absolute Gasteiger partial charge is 0.331 e. The SMILES string of the molecule is CN(Cc1c(=O)o[nH][n+]1C)C(=O)c1ccc2ccccc2c1. The van der Waals surface area contributed by atoms with Gasteiger partial charge in [0.1, 0.15) is 6.54 Å². The molecule has 0 unspecified atom stereocenters. The van der Waals surface area contributed by atoms with E-state index in [1.54, 1.807) is 20.2 Å². The lowest BCUT2D eigenvalue weighted by atomic mass is 10.1. The number of benzene rings is 2. The van der Waals surface area contributed by atoms with Gasteiger partial charge in [-0.2, -0.15) is 0 Å². The lowest BCUT2D eigenvalue weighted by Gasteiger charge is -2.14. The highest BCUT2D eigenvalue weighted by molar-refractivity contribution is 5.98. The van der Waals surface area contributed by atoms with Crippen molar-refractivity contribution in [2.75, 3.05) is 7.05 Å². The summed E-state index contributed by atoms with van der Waals surface area (Å²) in [6.45, 7) is 0.175. The molecule has 1 N–H and O–H groups in total. The summed E-state index contributed by atoms with van der Waals surface area (Å²) in [5.74, 6) is -0.147. The second-order valence-corrected chi connectivity index (χ2v) is 5.21. The van der Waals surface area contributed by atoms with Crippen LogP contribution in [0.1, 0.15) is 16.1 Å². The minimum atomic E-state index is -0.472. The number of carbonyl (C=O) groups excluding carboxylic acids is 1. The van der Waals surface area contributed by atoms with E-state index in [4.69, 9.17) is 0 Å². The van der Waals surface area contributed by atoms with Crippen molar-refractivity contribution >= 4 is 16.7 Å². The summed E-state index contributed by atoms with van der Waals surface area (Å²) in [6.07, 6.45) is 0. The standard InChI is InChI=1S/C16H15N3O3/c1-18(10-14-16(21)22-17-19(14)2)15(20)13-8-7-11-5-3-4-6-12(11)9-13/h3-9H,10H2,1-2H3/p+1. The van der Waals surface area contributed by atoms with E-state index in [2.05, 4.69) is 9.79 Å². The van der Waals surface area contributed by atoms with Crippen LogP contribution < -0.4 is 10.3 Å². The molecule has 0 atom stereocenters. The van der Waals surface area contributed by atoms with E-state index in [1.165, 1.54) is 9.58 Å². The van der Waals surface area contributed by atoms with E-state index in [0.29, 0.717) is 11.3 Å². The minimum Gasteiger partial charge on any atom is -0.331 e. The predicted molar refractivity (Wildman–Crippen MR) is 80.3 cm³/mol. The zero-order valence-electron chi connectivity index (χ0n) is 12.4. The molecule has 0 saturated heterocycles. The van der Waals surface area contributed by atoms with Crippen molar-refractivity contribution in [1.29, 1.82) is 0 Å². The van der Waals surface area contributed by atoms with Crippen molar-refractivity contribution in [3.05, 3.63) is 64.1 Å². The van der Waals surface area contributed by atoms with Crippen molar-refractivity contribution in [1.82, 2.24) is 10.2 Å². The first-order valence-corrected chi connectivity index (χ1v) is 6.87. The monoisotopic (exact) mass is 298 g/mol. The number of fused-ring (bicyclic) bond motifs is 1. The third-order valence-corrected chi connectivity index (χ3v) is 3.65. The zero-order valence-corrected chi connectivity index (χ0v) is 12.4. The maximum atomic E-state index is 12.5. The molecule has 6 heteroatoms. The topological polar surface area (TPSA) is 70.2 Å². The summed E-state index contributed by atoms with van der Waals surface area (Å²) >= 11 is 0. The lowest BCUT2D eigenvalue weighted by Crippen LogP contribution is -2.40. The molecule has 3 aromatic rings. The summed E-state index contributed by atoms with van der Waals surface area (Å²) in [7, 11) is 3.32. The molecule has 1 heterocycles. The summed E-state index contributed by atoms with van der Waals surface area (Å²) in [5.41, 5.74) is 0.501. The van der Waals surface area contributed by atoms with Crippen molar-refractivity contribution in [2.45, 2.75) is 6.54 Å². The van der Waals surface area contributed by atoms with Gasteiger partial charge < -0.3 is 4.90 Å². The molecule has 0 saturated carbocycles. The molecule has 0 aliphatic carbocycles. The largest absolute Gasteiger partial charge is 0.431 e. The Hall–Kier alpha value is -2.89. The highest BCUT2D eigenvalue weighted by atomic mass is 16.5. The first kappa shape index (κ1) is 14.1. The number of aromatic nitrogens is 2. The van der Waals surface area contributed by atoms with Crippen LogP contribution in [0.2, 0.25) is 0 Å². The van der Waals surface area contributed by atoms with Crippen LogP contribution >= 0.6 is 0 Å². The van der Waals surface area contributed by atoms with Crippen LogP contribution in [0, 0.1) is 0 Å². The number of hydrogen-bond acceptors (Lipinski definition) is 3. The van der Waals surface area contributed by atoms with Crippen LogP contribution in [-0.4, -0.2) is 23.1 Å². The Morgan fingerprint density at radius 2 is 1.95 bits per heavy atom. The summed E-state index contributed by atoms with van der Waals surface area (Å²) in [4.78, 5) is 25.6. The molecule has 0 bridgehead atoms. The number of aromatic amines is 1. The van der Waals surface area contributed by atoms with Gasteiger partial charge in [-0.25, -0.2) is 4.79 Å². The number of H-pyrrole nitrogens is 1. The fourth-order valence-electron chi connectivity index (χ4n) is 2.37. The Bertz CT molecular complexity index is 895. The van der Waals surface area contributed by atoms with Crippen LogP contribution in [0.3, 0.4) is 0 Å². The van der Waals surface area contributed by atoms with E-state index in [-0.39, 0.29) is 12.5 Å². The Balaban J connectivity index is 1.87. The van der Waals surface area contributed by atoms with Gasteiger partial charge in [-0.05, 0) is 28.2 Å². The van der Waals surface area contributed by atoms with Gasteiger partial charge in [-0.15, -0.1) is 0 Å². The fourth-order valence-corrected chi connectivity index (χ4v) is 2.37. The van der Waals surface area contributed by atoms with Crippen molar-refractivity contribution in [3.8, 4) is 0 Å². The van der Waals surface area contributed by atoms with E-state index in [1.807, 2.05) is 36.4 Å². The number of rotatable bonds is 3. The van der Waals surface area contributed by atoms with E-state index >= 15 is 0 Å². The molecular weight excluding hydrogens is 282 g/mol.